The number of halogens is 2. The van der Waals surface area contributed by atoms with Gasteiger partial charge in [-0.3, -0.25) is 0 Å². The molecule has 3 rings (SSSR count). The summed E-state index contributed by atoms with van der Waals surface area (Å²) in [6.07, 6.45) is 5.46. The van der Waals surface area contributed by atoms with Crippen molar-refractivity contribution in [1.82, 2.24) is 5.32 Å². The highest BCUT2D eigenvalue weighted by Crippen LogP contribution is 2.45. The van der Waals surface area contributed by atoms with Crippen LogP contribution in [0.25, 0.3) is 0 Å². The Labute approximate surface area is 152 Å². The van der Waals surface area contributed by atoms with Crippen LogP contribution in [0, 0.1) is 11.7 Å². The lowest BCUT2D eigenvalue weighted by molar-refractivity contribution is -0.133. The maximum atomic E-state index is 14.7. The van der Waals surface area contributed by atoms with Gasteiger partial charge in [-0.2, -0.15) is 0 Å². The number of carbonyl (C=O) groups is 1. The van der Waals surface area contributed by atoms with Gasteiger partial charge in [0.1, 0.15) is 5.82 Å². The molecule has 1 saturated carbocycles. The van der Waals surface area contributed by atoms with Crippen LogP contribution in [0.5, 0.6) is 0 Å². The topological polar surface area (TPSA) is 49.3 Å². The number of hydrogen-bond acceptors (Lipinski definition) is 2. The molecular weight excluding hydrogens is 341 g/mol. The first-order chi connectivity index (χ1) is 11.9. The Morgan fingerprint density at radius 1 is 1.28 bits per heavy atom. The predicted molar refractivity (Wildman–Crippen MR) is 96.9 cm³/mol. The number of benzene rings is 1. The van der Waals surface area contributed by atoms with Crippen LogP contribution in [0.2, 0.25) is 5.02 Å². The number of carboxylic acid groups (broad SMARTS) is 1. The quantitative estimate of drug-likeness (QED) is 0.755. The molecular formula is C20H23ClFNO2. The van der Waals surface area contributed by atoms with Crippen molar-refractivity contribution in [3.8, 4) is 0 Å². The predicted octanol–water partition coefficient (Wildman–Crippen LogP) is 5.38. The van der Waals surface area contributed by atoms with Crippen LogP contribution in [-0.4, -0.2) is 11.1 Å². The third-order valence-electron chi connectivity index (χ3n) is 5.40. The average molecular weight is 364 g/mol. The van der Waals surface area contributed by atoms with Crippen LogP contribution in [0.4, 0.5) is 4.39 Å². The minimum absolute atomic E-state index is 0.186. The van der Waals surface area contributed by atoms with Crippen molar-refractivity contribution in [1.29, 1.82) is 0 Å². The van der Waals surface area contributed by atoms with Gasteiger partial charge in [-0.1, -0.05) is 43.4 Å². The van der Waals surface area contributed by atoms with Crippen molar-refractivity contribution in [3.63, 3.8) is 0 Å². The van der Waals surface area contributed by atoms with E-state index in [1.807, 2.05) is 6.92 Å². The lowest BCUT2D eigenvalue weighted by Gasteiger charge is -2.33. The van der Waals surface area contributed by atoms with E-state index in [-0.39, 0.29) is 16.2 Å². The summed E-state index contributed by atoms with van der Waals surface area (Å²) in [5.74, 6) is -1.62. The molecule has 1 fully saturated rings. The summed E-state index contributed by atoms with van der Waals surface area (Å²) in [5, 5.41) is 13.3. The lowest BCUT2D eigenvalue weighted by Crippen LogP contribution is -2.29. The molecule has 0 amide bonds. The van der Waals surface area contributed by atoms with Gasteiger partial charge in [0, 0.05) is 27.9 Å². The van der Waals surface area contributed by atoms with Gasteiger partial charge in [0.2, 0.25) is 0 Å². The highest BCUT2D eigenvalue weighted by atomic mass is 35.5. The summed E-state index contributed by atoms with van der Waals surface area (Å²) >= 11 is 6.31. The molecule has 1 atom stereocenters. The zero-order valence-electron chi connectivity index (χ0n) is 14.5. The molecule has 0 radical (unpaired) electrons. The molecule has 0 aromatic heterocycles. The van der Waals surface area contributed by atoms with Crippen molar-refractivity contribution < 1.29 is 14.3 Å². The number of hydrogen-bond donors (Lipinski definition) is 2. The number of carboxylic acids is 1. The molecule has 2 N–H and O–H groups in total. The van der Waals surface area contributed by atoms with E-state index < -0.39 is 17.7 Å². The van der Waals surface area contributed by atoms with E-state index in [1.165, 1.54) is 18.9 Å². The smallest absolute Gasteiger partial charge is 0.334 e. The van der Waals surface area contributed by atoms with E-state index in [2.05, 4.69) is 5.32 Å². The highest BCUT2D eigenvalue weighted by molar-refractivity contribution is 6.31. The van der Waals surface area contributed by atoms with Crippen LogP contribution in [0.3, 0.4) is 0 Å². The second-order valence-corrected chi connectivity index (χ2v) is 7.45. The number of dihydropyridines is 1. The Bertz CT molecular complexity index is 743. The first-order valence-corrected chi connectivity index (χ1v) is 9.12. The Kier molecular flexibility index (Phi) is 5.19. The van der Waals surface area contributed by atoms with E-state index in [4.69, 9.17) is 11.6 Å². The van der Waals surface area contributed by atoms with Crippen molar-refractivity contribution in [2.24, 2.45) is 5.92 Å². The first kappa shape index (κ1) is 18.0. The molecule has 25 heavy (non-hydrogen) atoms. The van der Waals surface area contributed by atoms with Gasteiger partial charge in [0.05, 0.1) is 5.57 Å². The zero-order chi connectivity index (χ0) is 18.1. The molecule has 1 heterocycles. The lowest BCUT2D eigenvalue weighted by atomic mass is 9.76. The average Bonchev–Trinajstić information content (AvgIpc) is 3.03. The fourth-order valence-corrected chi connectivity index (χ4v) is 4.49. The number of nitrogens with one attached hydrogen (secondary N) is 1. The van der Waals surface area contributed by atoms with Crippen LogP contribution in [0.1, 0.15) is 57.4 Å². The van der Waals surface area contributed by atoms with Gasteiger partial charge in [-0.25, -0.2) is 9.18 Å². The van der Waals surface area contributed by atoms with Gasteiger partial charge < -0.3 is 10.4 Å². The number of allylic oxidation sites excluding steroid dienone is 3. The SMILES string of the molecule is CC1=C(CC2CCCC2)C(c2c(F)cccc2Cl)C(C(=O)O)=C(C)N1. The van der Waals surface area contributed by atoms with Crippen LogP contribution in [-0.2, 0) is 4.79 Å². The molecule has 1 aromatic carbocycles. The van der Waals surface area contributed by atoms with E-state index in [0.717, 1.165) is 30.5 Å². The molecule has 1 unspecified atom stereocenters. The second-order valence-electron chi connectivity index (χ2n) is 7.04. The summed E-state index contributed by atoms with van der Waals surface area (Å²) in [6.45, 7) is 3.66. The minimum atomic E-state index is -1.04. The third kappa shape index (κ3) is 3.45. The molecule has 1 aliphatic heterocycles. The Balaban J connectivity index is 2.13. The Morgan fingerprint density at radius 2 is 1.96 bits per heavy atom. The molecule has 0 spiro atoms. The van der Waals surface area contributed by atoms with E-state index >= 15 is 0 Å². The number of rotatable bonds is 4. The van der Waals surface area contributed by atoms with E-state index in [1.54, 1.807) is 19.1 Å². The minimum Gasteiger partial charge on any atom is -0.478 e. The van der Waals surface area contributed by atoms with Gasteiger partial charge >= 0.3 is 5.97 Å². The monoisotopic (exact) mass is 363 g/mol. The molecule has 2 aliphatic rings. The largest absolute Gasteiger partial charge is 0.478 e. The molecule has 0 saturated heterocycles. The highest BCUT2D eigenvalue weighted by Gasteiger charge is 2.36. The van der Waals surface area contributed by atoms with E-state index in [0.29, 0.717) is 11.6 Å². The molecule has 0 bridgehead atoms. The van der Waals surface area contributed by atoms with Crippen molar-refractivity contribution in [2.75, 3.05) is 0 Å². The van der Waals surface area contributed by atoms with Gasteiger partial charge in [-0.05, 0) is 43.9 Å². The maximum Gasteiger partial charge on any atom is 0.334 e. The van der Waals surface area contributed by atoms with Crippen molar-refractivity contribution >= 4 is 17.6 Å². The molecule has 1 aliphatic carbocycles. The molecule has 5 heteroatoms. The van der Waals surface area contributed by atoms with Gasteiger partial charge in [0.25, 0.3) is 0 Å². The molecule has 134 valence electrons. The summed E-state index contributed by atoms with van der Waals surface area (Å²) < 4.78 is 14.7. The molecule has 3 nitrogen and oxygen atoms in total. The van der Waals surface area contributed by atoms with Crippen LogP contribution >= 0.6 is 11.6 Å². The van der Waals surface area contributed by atoms with Crippen LogP contribution in [0.15, 0.2) is 40.7 Å². The van der Waals surface area contributed by atoms with Gasteiger partial charge in [0.15, 0.2) is 0 Å². The fraction of sp³-hybridized carbons (Fsp3) is 0.450. The van der Waals surface area contributed by atoms with Crippen molar-refractivity contribution in [2.45, 2.75) is 51.9 Å². The van der Waals surface area contributed by atoms with Gasteiger partial charge in [-0.15, -0.1) is 0 Å². The second kappa shape index (κ2) is 7.20. The summed E-state index contributed by atoms with van der Waals surface area (Å²) in [5.41, 5.74) is 2.87. The number of aliphatic carboxylic acids is 1. The normalized spacial score (nSPS) is 21.7. The fourth-order valence-electron chi connectivity index (χ4n) is 4.22. The van der Waals surface area contributed by atoms with Crippen molar-refractivity contribution in [3.05, 3.63) is 57.1 Å². The maximum absolute atomic E-state index is 14.7. The Morgan fingerprint density at radius 3 is 2.56 bits per heavy atom. The first-order valence-electron chi connectivity index (χ1n) is 8.74. The summed E-state index contributed by atoms with van der Waals surface area (Å²) in [7, 11) is 0. The standard InChI is InChI=1S/C20H23ClFNO2/c1-11-14(10-13-6-3-4-7-13)18(17(20(24)25)12(2)23-11)19-15(21)8-5-9-16(19)22/h5,8-9,13,18,23H,3-4,6-7,10H2,1-2H3,(H,24,25). The molecule has 1 aromatic rings. The summed E-state index contributed by atoms with van der Waals surface area (Å²) in [6, 6.07) is 4.52. The summed E-state index contributed by atoms with van der Waals surface area (Å²) in [4.78, 5) is 12.0. The zero-order valence-corrected chi connectivity index (χ0v) is 15.3. The van der Waals surface area contributed by atoms with Crippen LogP contribution < -0.4 is 5.32 Å². The third-order valence-corrected chi connectivity index (χ3v) is 5.73. The Hall–Kier alpha value is -1.81. The van der Waals surface area contributed by atoms with E-state index in [9.17, 15) is 14.3 Å².